The number of rotatable bonds is 6. The summed E-state index contributed by atoms with van der Waals surface area (Å²) in [4.78, 5) is 12.5. The van der Waals surface area contributed by atoms with E-state index in [9.17, 15) is 10.1 Å². The van der Waals surface area contributed by atoms with E-state index in [1.54, 1.807) is 42.5 Å². The van der Waals surface area contributed by atoms with Crippen LogP contribution in [-0.4, -0.2) is 20.1 Å². The Labute approximate surface area is 146 Å². The minimum absolute atomic E-state index is 0.217. The average Bonchev–Trinajstić information content (AvgIpc) is 2.66. The summed E-state index contributed by atoms with van der Waals surface area (Å²) >= 11 is 0. The molecule has 0 aliphatic carbocycles. The monoisotopic (exact) mass is 335 g/mol. The molecule has 1 amide bonds. The van der Waals surface area contributed by atoms with Crippen LogP contribution >= 0.6 is 0 Å². The second-order valence-corrected chi connectivity index (χ2v) is 5.18. The Hall–Kier alpha value is -3.51. The average molecular weight is 335 g/mol. The zero-order chi connectivity index (χ0) is 18.2. The Balaban J connectivity index is 2.25. The van der Waals surface area contributed by atoms with Gasteiger partial charge >= 0.3 is 0 Å². The normalized spacial score (nSPS) is 10.9. The summed E-state index contributed by atoms with van der Waals surface area (Å²) in [5.74, 6) is 0.640. The van der Waals surface area contributed by atoms with Crippen LogP contribution in [0.15, 0.2) is 42.5 Å². The van der Waals surface area contributed by atoms with Crippen LogP contribution in [0, 0.1) is 22.7 Å². The Morgan fingerprint density at radius 1 is 1.16 bits per heavy atom. The number of ether oxygens (including phenoxy) is 2. The molecule has 0 radical (unpaired) electrons. The summed E-state index contributed by atoms with van der Waals surface area (Å²) < 4.78 is 10.4. The van der Waals surface area contributed by atoms with Gasteiger partial charge in [0.05, 0.1) is 32.8 Å². The van der Waals surface area contributed by atoms with Gasteiger partial charge in [0.2, 0.25) is 0 Å². The number of nitrogens with zero attached hydrogens (tertiary/aromatic N) is 2. The summed E-state index contributed by atoms with van der Waals surface area (Å²) in [6, 6.07) is 15.0. The Kier molecular flexibility index (Phi) is 5.97. The molecule has 126 valence electrons. The van der Waals surface area contributed by atoms with E-state index in [1.165, 1.54) is 14.2 Å². The van der Waals surface area contributed by atoms with Crippen molar-refractivity contribution >= 4 is 5.91 Å². The van der Waals surface area contributed by atoms with E-state index in [2.05, 4.69) is 11.4 Å². The smallest absolute Gasteiger partial charge is 0.252 e. The predicted octanol–water partition coefficient (Wildman–Crippen LogP) is 2.76. The maximum absolute atomic E-state index is 12.5. The molecular formula is C19H17N3O3. The van der Waals surface area contributed by atoms with E-state index in [-0.39, 0.29) is 6.42 Å². The van der Waals surface area contributed by atoms with E-state index in [0.717, 1.165) is 5.56 Å². The maximum Gasteiger partial charge on any atom is 0.252 e. The van der Waals surface area contributed by atoms with Crippen molar-refractivity contribution in [1.82, 2.24) is 5.32 Å². The first-order valence-corrected chi connectivity index (χ1v) is 7.51. The molecule has 0 saturated carbocycles. The Morgan fingerprint density at radius 2 is 1.96 bits per heavy atom. The molecule has 0 unspecified atom stereocenters. The molecule has 2 aromatic rings. The SMILES string of the molecule is COc1ccc([C@@H](C#N)NC(=O)c2cccc(CC#N)c2)c(OC)c1. The van der Waals surface area contributed by atoms with Crippen molar-refractivity contribution in [2.24, 2.45) is 0 Å². The van der Waals surface area contributed by atoms with E-state index in [1.807, 2.05) is 6.07 Å². The molecule has 0 saturated heterocycles. The van der Waals surface area contributed by atoms with E-state index in [4.69, 9.17) is 14.7 Å². The van der Waals surface area contributed by atoms with Gasteiger partial charge in [0.15, 0.2) is 0 Å². The van der Waals surface area contributed by atoms with Crippen molar-refractivity contribution < 1.29 is 14.3 Å². The molecule has 6 heteroatoms. The van der Waals surface area contributed by atoms with E-state index < -0.39 is 11.9 Å². The third-order valence-corrected chi connectivity index (χ3v) is 3.63. The molecule has 1 atom stereocenters. The fraction of sp³-hybridized carbons (Fsp3) is 0.211. The van der Waals surface area contributed by atoms with Crippen molar-refractivity contribution in [2.75, 3.05) is 14.2 Å². The van der Waals surface area contributed by atoms with Gasteiger partial charge in [-0.2, -0.15) is 10.5 Å². The van der Waals surface area contributed by atoms with Crippen LogP contribution in [0.5, 0.6) is 11.5 Å². The van der Waals surface area contributed by atoms with Crippen molar-refractivity contribution in [3.05, 3.63) is 59.2 Å². The van der Waals surface area contributed by atoms with E-state index in [0.29, 0.717) is 22.6 Å². The van der Waals surface area contributed by atoms with Crippen LogP contribution in [-0.2, 0) is 6.42 Å². The highest BCUT2D eigenvalue weighted by atomic mass is 16.5. The Bertz CT molecular complexity index is 850. The molecule has 0 fully saturated rings. The lowest BCUT2D eigenvalue weighted by Crippen LogP contribution is -2.28. The Morgan fingerprint density at radius 3 is 2.60 bits per heavy atom. The van der Waals surface area contributed by atoms with Gasteiger partial charge in [-0.1, -0.05) is 12.1 Å². The van der Waals surface area contributed by atoms with Crippen molar-refractivity contribution in [1.29, 1.82) is 10.5 Å². The minimum Gasteiger partial charge on any atom is -0.497 e. The molecule has 25 heavy (non-hydrogen) atoms. The first-order valence-electron chi connectivity index (χ1n) is 7.51. The van der Waals surface area contributed by atoms with Gasteiger partial charge in [0.1, 0.15) is 17.5 Å². The number of carbonyl (C=O) groups is 1. The van der Waals surface area contributed by atoms with Crippen molar-refractivity contribution in [3.63, 3.8) is 0 Å². The van der Waals surface area contributed by atoms with Gasteiger partial charge in [-0.3, -0.25) is 4.79 Å². The molecular weight excluding hydrogens is 318 g/mol. The third kappa shape index (κ3) is 4.27. The molecule has 0 aliphatic rings. The fourth-order valence-electron chi connectivity index (χ4n) is 2.36. The number of hydrogen-bond donors (Lipinski definition) is 1. The number of amides is 1. The standard InChI is InChI=1S/C19H17N3O3/c1-24-15-6-7-16(18(11-15)25-2)17(12-21)22-19(23)14-5-3-4-13(10-14)8-9-20/h3-7,10-11,17H,8H2,1-2H3,(H,22,23)/t17-/m1/s1. The van der Waals surface area contributed by atoms with Gasteiger partial charge < -0.3 is 14.8 Å². The zero-order valence-corrected chi connectivity index (χ0v) is 13.9. The lowest BCUT2D eigenvalue weighted by atomic mass is 10.0. The van der Waals surface area contributed by atoms with Gasteiger partial charge in [-0.15, -0.1) is 0 Å². The minimum atomic E-state index is -0.882. The number of nitriles is 2. The first-order chi connectivity index (χ1) is 12.1. The topological polar surface area (TPSA) is 95.1 Å². The molecule has 2 rings (SSSR count). The largest absolute Gasteiger partial charge is 0.497 e. The quantitative estimate of drug-likeness (QED) is 0.876. The highest BCUT2D eigenvalue weighted by Crippen LogP contribution is 2.29. The number of benzene rings is 2. The molecule has 0 heterocycles. The van der Waals surface area contributed by atoms with Crippen LogP contribution in [0.1, 0.15) is 27.5 Å². The number of methoxy groups -OCH3 is 2. The second-order valence-electron chi connectivity index (χ2n) is 5.18. The van der Waals surface area contributed by atoms with Crippen molar-refractivity contribution in [3.8, 4) is 23.6 Å². The summed E-state index contributed by atoms with van der Waals surface area (Å²) in [5.41, 5.74) is 1.67. The molecule has 6 nitrogen and oxygen atoms in total. The fourth-order valence-corrected chi connectivity index (χ4v) is 2.36. The zero-order valence-electron chi connectivity index (χ0n) is 13.9. The molecule has 0 bridgehead atoms. The lowest BCUT2D eigenvalue weighted by Gasteiger charge is -2.16. The van der Waals surface area contributed by atoms with Gasteiger partial charge in [0, 0.05) is 17.2 Å². The highest BCUT2D eigenvalue weighted by molar-refractivity contribution is 5.94. The van der Waals surface area contributed by atoms with Crippen LogP contribution < -0.4 is 14.8 Å². The van der Waals surface area contributed by atoms with Crippen LogP contribution in [0.25, 0.3) is 0 Å². The first kappa shape index (κ1) is 17.8. The molecule has 0 spiro atoms. The van der Waals surface area contributed by atoms with Crippen LogP contribution in [0.2, 0.25) is 0 Å². The number of hydrogen-bond acceptors (Lipinski definition) is 5. The predicted molar refractivity (Wildman–Crippen MR) is 91.1 cm³/mol. The van der Waals surface area contributed by atoms with E-state index >= 15 is 0 Å². The third-order valence-electron chi connectivity index (χ3n) is 3.63. The van der Waals surface area contributed by atoms with Crippen molar-refractivity contribution in [2.45, 2.75) is 12.5 Å². The lowest BCUT2D eigenvalue weighted by molar-refractivity contribution is 0.0944. The van der Waals surface area contributed by atoms with Crippen LogP contribution in [0.4, 0.5) is 0 Å². The molecule has 1 N–H and O–H groups in total. The molecule has 2 aromatic carbocycles. The van der Waals surface area contributed by atoms with Gasteiger partial charge in [0.25, 0.3) is 5.91 Å². The van der Waals surface area contributed by atoms with Gasteiger partial charge in [-0.05, 0) is 29.8 Å². The summed E-state index contributed by atoms with van der Waals surface area (Å²) in [5, 5.41) is 20.9. The summed E-state index contributed by atoms with van der Waals surface area (Å²) in [7, 11) is 3.02. The maximum atomic E-state index is 12.5. The molecule has 0 aromatic heterocycles. The van der Waals surface area contributed by atoms with Gasteiger partial charge in [-0.25, -0.2) is 0 Å². The number of nitrogens with one attached hydrogen (secondary N) is 1. The molecule has 0 aliphatic heterocycles. The summed E-state index contributed by atoms with van der Waals surface area (Å²) in [6.45, 7) is 0. The second kappa shape index (κ2) is 8.37. The summed E-state index contributed by atoms with van der Waals surface area (Å²) in [6.07, 6.45) is 0.217. The van der Waals surface area contributed by atoms with Crippen LogP contribution in [0.3, 0.4) is 0 Å². The highest BCUT2D eigenvalue weighted by Gasteiger charge is 2.19. The number of carbonyl (C=O) groups excluding carboxylic acids is 1.